The Labute approximate surface area is 111 Å². The predicted octanol–water partition coefficient (Wildman–Crippen LogP) is 0.423. The van der Waals surface area contributed by atoms with E-state index in [2.05, 4.69) is 20.7 Å². The molecule has 0 spiro atoms. The minimum Gasteiger partial charge on any atom is -0.362 e. The first kappa shape index (κ1) is 15.1. The summed E-state index contributed by atoms with van der Waals surface area (Å²) in [5.74, 6) is 5.33. The molecule has 0 aliphatic rings. The predicted molar refractivity (Wildman–Crippen MR) is 72.8 cm³/mol. The van der Waals surface area contributed by atoms with Gasteiger partial charge in [0, 0.05) is 12.1 Å². The third-order valence-electron chi connectivity index (χ3n) is 3.04. The van der Waals surface area contributed by atoms with Crippen LogP contribution >= 0.6 is 0 Å². The zero-order valence-corrected chi connectivity index (χ0v) is 11.5. The Hall–Kier alpha value is -2.00. The summed E-state index contributed by atoms with van der Waals surface area (Å²) in [5.41, 5.74) is 1.74. The molecule has 1 heterocycles. The quantitative estimate of drug-likeness (QED) is 0.386. The number of hydrazine groups is 1. The van der Waals surface area contributed by atoms with E-state index >= 15 is 0 Å². The fraction of sp³-hybridized carbons (Fsp3) is 0.600. The highest BCUT2D eigenvalue weighted by molar-refractivity contribution is 5.68. The monoisotopic (exact) mass is 269 g/mol. The first-order valence-corrected chi connectivity index (χ1v) is 5.67. The normalized spacial score (nSPS) is 11.5. The van der Waals surface area contributed by atoms with Gasteiger partial charge in [-0.15, -0.1) is 0 Å². The second-order valence-corrected chi connectivity index (χ2v) is 4.88. The van der Waals surface area contributed by atoms with Crippen LogP contribution in [-0.2, 0) is 0 Å². The largest absolute Gasteiger partial charge is 0.362 e. The molecule has 0 fully saturated rings. The summed E-state index contributed by atoms with van der Waals surface area (Å²) in [6.45, 7) is 4.51. The number of nitrogens with two attached hydrogens (primary N) is 1. The SMILES string of the molecule is CN(C)C(C)(C)CNc1ncnc(NN)c1[N+](=O)[O-]. The maximum absolute atomic E-state index is 11.0. The Bertz CT molecular complexity index is 461. The second kappa shape index (κ2) is 5.76. The van der Waals surface area contributed by atoms with Gasteiger partial charge < -0.3 is 15.6 Å². The third kappa shape index (κ3) is 3.48. The van der Waals surface area contributed by atoms with Crippen molar-refractivity contribution >= 4 is 17.3 Å². The van der Waals surface area contributed by atoms with Gasteiger partial charge in [-0.05, 0) is 27.9 Å². The maximum Gasteiger partial charge on any atom is 0.354 e. The standard InChI is InChI=1S/C10H19N7O2/c1-10(2,16(3)4)5-12-8-7(17(18)19)9(15-11)14-6-13-8/h6H,5,11H2,1-4H3,(H2,12,13,14,15). The molecule has 0 aliphatic heterocycles. The number of likely N-dealkylation sites (N-methyl/N-ethyl adjacent to an activating group) is 1. The van der Waals surface area contributed by atoms with E-state index in [0.717, 1.165) is 0 Å². The number of aromatic nitrogens is 2. The average molecular weight is 269 g/mol. The molecule has 1 aromatic rings. The first-order chi connectivity index (χ1) is 8.79. The van der Waals surface area contributed by atoms with Crippen molar-refractivity contribution in [3.8, 4) is 0 Å². The lowest BCUT2D eigenvalue weighted by molar-refractivity contribution is -0.383. The molecule has 1 rings (SSSR count). The second-order valence-electron chi connectivity index (χ2n) is 4.88. The first-order valence-electron chi connectivity index (χ1n) is 5.67. The molecule has 0 radical (unpaired) electrons. The zero-order chi connectivity index (χ0) is 14.6. The highest BCUT2D eigenvalue weighted by Crippen LogP contribution is 2.28. The van der Waals surface area contributed by atoms with Gasteiger partial charge in [0.25, 0.3) is 0 Å². The van der Waals surface area contributed by atoms with Gasteiger partial charge in [0.1, 0.15) is 6.33 Å². The van der Waals surface area contributed by atoms with E-state index in [9.17, 15) is 10.1 Å². The van der Waals surface area contributed by atoms with Crippen LogP contribution in [-0.4, -0.2) is 46.0 Å². The topological polar surface area (TPSA) is 122 Å². The van der Waals surface area contributed by atoms with E-state index in [1.807, 2.05) is 32.8 Å². The van der Waals surface area contributed by atoms with Crippen LogP contribution in [0, 0.1) is 10.1 Å². The Morgan fingerprint density at radius 3 is 2.47 bits per heavy atom. The number of nitro groups is 1. The van der Waals surface area contributed by atoms with Crippen molar-refractivity contribution in [3.05, 3.63) is 16.4 Å². The van der Waals surface area contributed by atoms with E-state index in [4.69, 9.17) is 5.84 Å². The number of anilines is 2. The van der Waals surface area contributed by atoms with E-state index in [1.54, 1.807) is 0 Å². The molecule has 4 N–H and O–H groups in total. The van der Waals surface area contributed by atoms with Gasteiger partial charge in [0.15, 0.2) is 0 Å². The summed E-state index contributed by atoms with van der Waals surface area (Å²) in [4.78, 5) is 20.1. The molecule has 0 saturated carbocycles. The van der Waals surface area contributed by atoms with Crippen molar-refractivity contribution < 1.29 is 4.92 Å². The minimum absolute atomic E-state index is 0.0230. The maximum atomic E-state index is 11.0. The molecule has 9 nitrogen and oxygen atoms in total. The summed E-state index contributed by atoms with van der Waals surface area (Å²) in [6, 6.07) is 0. The molecule has 0 saturated heterocycles. The average Bonchev–Trinajstić information content (AvgIpc) is 2.35. The molecule has 19 heavy (non-hydrogen) atoms. The van der Waals surface area contributed by atoms with Crippen molar-refractivity contribution in [2.45, 2.75) is 19.4 Å². The highest BCUT2D eigenvalue weighted by atomic mass is 16.6. The van der Waals surface area contributed by atoms with Gasteiger partial charge in [-0.25, -0.2) is 15.8 Å². The summed E-state index contributed by atoms with van der Waals surface area (Å²) in [7, 11) is 3.87. The molecule has 0 aliphatic carbocycles. The minimum atomic E-state index is -0.569. The lowest BCUT2D eigenvalue weighted by Crippen LogP contribution is -2.44. The summed E-state index contributed by atoms with van der Waals surface area (Å²) < 4.78 is 0. The van der Waals surface area contributed by atoms with Gasteiger partial charge in [-0.3, -0.25) is 10.1 Å². The fourth-order valence-electron chi connectivity index (χ4n) is 1.24. The molecular formula is C10H19N7O2. The van der Waals surface area contributed by atoms with Crippen LogP contribution in [0.1, 0.15) is 13.8 Å². The third-order valence-corrected chi connectivity index (χ3v) is 3.04. The molecular weight excluding hydrogens is 250 g/mol. The summed E-state index contributed by atoms with van der Waals surface area (Å²) in [5, 5.41) is 14.0. The van der Waals surface area contributed by atoms with Gasteiger partial charge in [-0.2, -0.15) is 0 Å². The Balaban J connectivity index is 2.99. The molecule has 0 bridgehead atoms. The lowest BCUT2D eigenvalue weighted by atomic mass is 10.0. The van der Waals surface area contributed by atoms with Gasteiger partial charge in [0.2, 0.25) is 11.6 Å². The number of rotatable bonds is 6. The summed E-state index contributed by atoms with van der Waals surface area (Å²) >= 11 is 0. The lowest BCUT2D eigenvalue weighted by Gasteiger charge is -2.32. The van der Waals surface area contributed by atoms with Crippen molar-refractivity contribution in [1.29, 1.82) is 0 Å². The number of nitrogens with zero attached hydrogens (tertiary/aromatic N) is 4. The van der Waals surface area contributed by atoms with Crippen LogP contribution in [0.4, 0.5) is 17.3 Å². The Kier molecular flexibility index (Phi) is 4.57. The van der Waals surface area contributed by atoms with Crippen LogP contribution in [0.3, 0.4) is 0 Å². The number of hydrogen-bond acceptors (Lipinski definition) is 8. The van der Waals surface area contributed by atoms with E-state index in [1.165, 1.54) is 6.33 Å². The molecule has 1 aromatic heterocycles. The van der Waals surface area contributed by atoms with E-state index in [-0.39, 0.29) is 22.9 Å². The Morgan fingerprint density at radius 1 is 1.42 bits per heavy atom. The number of nitrogens with one attached hydrogen (secondary N) is 2. The molecule has 0 amide bonds. The van der Waals surface area contributed by atoms with Crippen LogP contribution in [0.5, 0.6) is 0 Å². The fourth-order valence-corrected chi connectivity index (χ4v) is 1.24. The van der Waals surface area contributed by atoms with Gasteiger partial charge in [0.05, 0.1) is 4.92 Å². The molecule has 0 aromatic carbocycles. The van der Waals surface area contributed by atoms with Crippen LogP contribution in [0.15, 0.2) is 6.33 Å². The van der Waals surface area contributed by atoms with Gasteiger partial charge in [-0.1, -0.05) is 0 Å². The van der Waals surface area contributed by atoms with Gasteiger partial charge >= 0.3 is 5.69 Å². The van der Waals surface area contributed by atoms with Crippen molar-refractivity contribution in [3.63, 3.8) is 0 Å². The van der Waals surface area contributed by atoms with Crippen LogP contribution in [0.25, 0.3) is 0 Å². The smallest absolute Gasteiger partial charge is 0.354 e. The van der Waals surface area contributed by atoms with Crippen molar-refractivity contribution in [2.75, 3.05) is 31.4 Å². The van der Waals surface area contributed by atoms with Crippen LogP contribution in [0.2, 0.25) is 0 Å². The summed E-state index contributed by atoms with van der Waals surface area (Å²) in [6.07, 6.45) is 1.22. The van der Waals surface area contributed by atoms with E-state index in [0.29, 0.717) is 6.54 Å². The van der Waals surface area contributed by atoms with Crippen molar-refractivity contribution in [1.82, 2.24) is 14.9 Å². The Morgan fingerprint density at radius 2 is 2.00 bits per heavy atom. The molecule has 0 unspecified atom stereocenters. The van der Waals surface area contributed by atoms with E-state index < -0.39 is 4.92 Å². The number of nitrogen functional groups attached to an aromatic ring is 1. The molecule has 106 valence electrons. The molecule has 0 atom stereocenters. The van der Waals surface area contributed by atoms with Crippen molar-refractivity contribution in [2.24, 2.45) is 5.84 Å². The molecule has 9 heteroatoms. The number of hydrogen-bond donors (Lipinski definition) is 3. The van der Waals surface area contributed by atoms with Crippen LogP contribution < -0.4 is 16.6 Å². The zero-order valence-electron chi connectivity index (χ0n) is 11.5. The highest BCUT2D eigenvalue weighted by Gasteiger charge is 2.25.